The van der Waals surface area contributed by atoms with Gasteiger partial charge in [0.2, 0.25) is 0 Å². The van der Waals surface area contributed by atoms with Crippen LogP contribution in [0, 0.1) is 0 Å². The number of thiazole rings is 1. The van der Waals surface area contributed by atoms with Crippen molar-refractivity contribution >= 4 is 27.9 Å². The number of aromatic nitrogens is 2. The number of anilines is 1. The van der Waals surface area contributed by atoms with Gasteiger partial charge in [-0.25, -0.2) is 9.97 Å². The Morgan fingerprint density at radius 3 is 2.90 bits per heavy atom. The Balaban J connectivity index is 1.99. The van der Waals surface area contributed by atoms with Crippen molar-refractivity contribution in [1.82, 2.24) is 9.97 Å². The van der Waals surface area contributed by atoms with Gasteiger partial charge < -0.3 is 10.4 Å². The van der Waals surface area contributed by atoms with Gasteiger partial charge in [-0.2, -0.15) is 0 Å². The second-order valence-corrected chi connectivity index (χ2v) is 5.47. The molecule has 2 aromatic heterocycles. The normalized spacial score (nSPS) is 12.4. The number of pyridine rings is 1. The van der Waals surface area contributed by atoms with Crippen molar-refractivity contribution in [2.45, 2.75) is 19.4 Å². The van der Waals surface area contributed by atoms with Gasteiger partial charge in [0, 0.05) is 23.2 Å². The van der Waals surface area contributed by atoms with Crippen LogP contribution >= 0.6 is 11.3 Å². The number of nitrogens with zero attached hydrogens (tertiary/aromatic N) is 2. The van der Waals surface area contributed by atoms with Crippen molar-refractivity contribution < 1.29 is 5.11 Å². The van der Waals surface area contributed by atoms with E-state index in [0.717, 1.165) is 28.0 Å². The minimum atomic E-state index is 0.135. The molecule has 0 aliphatic rings. The van der Waals surface area contributed by atoms with Crippen LogP contribution < -0.4 is 5.32 Å². The van der Waals surface area contributed by atoms with Gasteiger partial charge in [0.05, 0.1) is 6.04 Å². The number of rotatable bonds is 4. The average Bonchev–Trinajstić information content (AvgIpc) is 2.99. The molecule has 1 atom stereocenters. The van der Waals surface area contributed by atoms with Crippen LogP contribution in [-0.4, -0.2) is 15.1 Å². The van der Waals surface area contributed by atoms with Crippen molar-refractivity contribution in [3.05, 3.63) is 47.0 Å². The van der Waals surface area contributed by atoms with E-state index in [1.54, 1.807) is 29.7 Å². The highest BCUT2D eigenvalue weighted by molar-refractivity contribution is 7.09. The number of phenolic OH excluding ortho intramolecular Hbond substituents is 1. The number of aromatic hydroxyl groups is 1. The molecule has 2 N–H and O–H groups in total. The molecule has 0 aliphatic heterocycles. The van der Waals surface area contributed by atoms with Crippen LogP contribution in [-0.2, 0) is 0 Å². The van der Waals surface area contributed by atoms with Crippen molar-refractivity contribution in [3.63, 3.8) is 0 Å². The number of nitrogens with one attached hydrogen (secondary N) is 1. The fourth-order valence-corrected chi connectivity index (χ4v) is 2.95. The first-order valence-corrected chi connectivity index (χ1v) is 7.39. The first-order valence-electron chi connectivity index (χ1n) is 6.51. The molecule has 0 saturated heterocycles. The zero-order chi connectivity index (χ0) is 13.9. The second kappa shape index (κ2) is 5.46. The lowest BCUT2D eigenvalue weighted by molar-refractivity contribution is 0.476. The van der Waals surface area contributed by atoms with E-state index >= 15 is 0 Å². The molecule has 3 rings (SSSR count). The van der Waals surface area contributed by atoms with Gasteiger partial charge in [0.15, 0.2) is 0 Å². The maximum absolute atomic E-state index is 9.66. The predicted octanol–water partition coefficient (Wildman–Crippen LogP) is 3.96. The van der Waals surface area contributed by atoms with E-state index < -0.39 is 0 Å². The van der Waals surface area contributed by atoms with Crippen LogP contribution in [0.5, 0.6) is 5.75 Å². The zero-order valence-corrected chi connectivity index (χ0v) is 11.9. The van der Waals surface area contributed by atoms with Crippen LogP contribution in [0.2, 0.25) is 0 Å². The number of fused-ring (bicyclic) bond motifs is 1. The molecule has 1 unspecified atom stereocenters. The van der Waals surface area contributed by atoms with Crippen molar-refractivity contribution in [1.29, 1.82) is 0 Å². The predicted molar refractivity (Wildman–Crippen MR) is 82.2 cm³/mol. The van der Waals surface area contributed by atoms with Gasteiger partial charge in [0.1, 0.15) is 16.6 Å². The summed E-state index contributed by atoms with van der Waals surface area (Å²) in [6.07, 6.45) is 4.51. The van der Waals surface area contributed by atoms with E-state index in [2.05, 4.69) is 22.2 Å². The van der Waals surface area contributed by atoms with Crippen molar-refractivity contribution in [2.24, 2.45) is 0 Å². The Hall–Kier alpha value is -2.14. The zero-order valence-electron chi connectivity index (χ0n) is 11.1. The molecule has 5 heteroatoms. The lowest BCUT2D eigenvalue weighted by atomic mass is 10.1. The van der Waals surface area contributed by atoms with E-state index in [1.807, 2.05) is 23.7 Å². The molecule has 3 aromatic rings. The highest BCUT2D eigenvalue weighted by atomic mass is 32.1. The molecule has 20 heavy (non-hydrogen) atoms. The minimum Gasteiger partial charge on any atom is -0.508 e. The Bertz CT molecular complexity index is 712. The summed E-state index contributed by atoms with van der Waals surface area (Å²) >= 11 is 1.63. The lowest BCUT2D eigenvalue weighted by Crippen LogP contribution is -2.10. The second-order valence-electron chi connectivity index (χ2n) is 4.54. The summed E-state index contributed by atoms with van der Waals surface area (Å²) in [6, 6.07) is 7.38. The fourth-order valence-electron chi connectivity index (χ4n) is 2.18. The largest absolute Gasteiger partial charge is 0.508 e. The van der Waals surface area contributed by atoms with E-state index in [4.69, 9.17) is 0 Å². The Kier molecular flexibility index (Phi) is 3.52. The molecule has 0 amide bonds. The summed E-state index contributed by atoms with van der Waals surface area (Å²) < 4.78 is 0. The molecule has 0 aliphatic carbocycles. The smallest absolute Gasteiger partial charge is 0.134 e. The molecular formula is C15H15N3OS. The van der Waals surface area contributed by atoms with E-state index in [9.17, 15) is 5.11 Å². The molecular weight excluding hydrogens is 270 g/mol. The van der Waals surface area contributed by atoms with Crippen molar-refractivity contribution in [3.8, 4) is 5.75 Å². The Morgan fingerprint density at radius 1 is 1.25 bits per heavy atom. The molecule has 0 bridgehead atoms. The first kappa shape index (κ1) is 12.9. The van der Waals surface area contributed by atoms with Gasteiger partial charge in [-0.1, -0.05) is 13.0 Å². The van der Waals surface area contributed by atoms with Gasteiger partial charge in [-0.05, 0) is 30.0 Å². The number of hydrogen-bond donors (Lipinski definition) is 2. The van der Waals surface area contributed by atoms with Crippen LogP contribution in [0.1, 0.15) is 24.4 Å². The highest BCUT2D eigenvalue weighted by Gasteiger charge is 2.14. The van der Waals surface area contributed by atoms with Gasteiger partial charge >= 0.3 is 0 Å². The number of phenols is 1. The first-order chi connectivity index (χ1) is 9.78. The average molecular weight is 285 g/mol. The summed E-state index contributed by atoms with van der Waals surface area (Å²) in [4.78, 5) is 8.76. The summed E-state index contributed by atoms with van der Waals surface area (Å²) in [7, 11) is 0. The van der Waals surface area contributed by atoms with Gasteiger partial charge in [0.25, 0.3) is 0 Å². The summed E-state index contributed by atoms with van der Waals surface area (Å²) in [5.41, 5.74) is 0. The minimum absolute atomic E-state index is 0.135. The van der Waals surface area contributed by atoms with Gasteiger partial charge in [-0.3, -0.25) is 0 Å². The van der Waals surface area contributed by atoms with Gasteiger partial charge in [-0.15, -0.1) is 11.3 Å². The number of benzene rings is 1. The third-order valence-corrected chi connectivity index (χ3v) is 4.11. The quantitative estimate of drug-likeness (QED) is 0.761. The summed E-state index contributed by atoms with van der Waals surface area (Å²) in [5, 5.41) is 18.1. The molecule has 0 fully saturated rings. The maximum Gasteiger partial charge on any atom is 0.134 e. The highest BCUT2D eigenvalue weighted by Crippen LogP contribution is 2.29. The third kappa shape index (κ3) is 2.44. The SMILES string of the molecule is CCC(Nc1nccc2ccc(O)cc12)c1nccs1. The standard InChI is InChI=1S/C15H15N3OS/c1-2-13(15-17-7-8-20-15)18-14-12-9-11(19)4-3-10(12)5-6-16-14/h3-9,13,19H,2H2,1H3,(H,16,18). The molecule has 0 saturated carbocycles. The molecule has 2 heterocycles. The Morgan fingerprint density at radius 2 is 2.15 bits per heavy atom. The maximum atomic E-state index is 9.66. The van der Waals surface area contributed by atoms with Crippen molar-refractivity contribution in [2.75, 3.05) is 5.32 Å². The third-order valence-electron chi connectivity index (χ3n) is 3.22. The molecule has 0 spiro atoms. The lowest BCUT2D eigenvalue weighted by Gasteiger charge is -2.16. The molecule has 102 valence electrons. The van der Waals surface area contributed by atoms with Crippen LogP contribution in [0.15, 0.2) is 42.0 Å². The molecule has 0 radical (unpaired) electrons. The van der Waals surface area contributed by atoms with Crippen LogP contribution in [0.3, 0.4) is 0 Å². The summed E-state index contributed by atoms with van der Waals surface area (Å²) in [6.45, 7) is 2.11. The number of hydrogen-bond acceptors (Lipinski definition) is 5. The van der Waals surface area contributed by atoms with E-state index in [1.165, 1.54) is 0 Å². The summed E-state index contributed by atoms with van der Waals surface area (Å²) in [5.74, 6) is 1.02. The van der Waals surface area contributed by atoms with Crippen LogP contribution in [0.25, 0.3) is 10.8 Å². The van der Waals surface area contributed by atoms with E-state index in [0.29, 0.717) is 0 Å². The molecule has 1 aromatic carbocycles. The van der Waals surface area contributed by atoms with E-state index in [-0.39, 0.29) is 11.8 Å². The topological polar surface area (TPSA) is 58.0 Å². The van der Waals surface area contributed by atoms with Crippen LogP contribution in [0.4, 0.5) is 5.82 Å². The monoisotopic (exact) mass is 285 g/mol. The fraction of sp³-hybridized carbons (Fsp3) is 0.200. The molecule has 4 nitrogen and oxygen atoms in total. The Labute approximate surface area is 121 Å².